The predicted octanol–water partition coefficient (Wildman–Crippen LogP) is 7.03. The first-order valence-electron chi connectivity index (χ1n) is 18.5. The Labute approximate surface area is 304 Å². The zero-order valence-electron chi connectivity index (χ0n) is 30.1. The van der Waals surface area contributed by atoms with Crippen LogP contribution in [0.15, 0.2) is 65.2 Å². The van der Waals surface area contributed by atoms with Gasteiger partial charge in [-0.15, -0.1) is 0 Å². The number of aryl methyl sites for hydroxylation is 3. The summed E-state index contributed by atoms with van der Waals surface area (Å²) in [5.41, 5.74) is 9.93. The molecule has 1 N–H and O–H groups in total. The minimum Gasteiger partial charge on any atom is -0.372 e. The molecule has 1 aromatic heterocycles. The molecule has 52 heavy (non-hydrogen) atoms. The Balaban J connectivity index is 0.968. The number of anilines is 3. The molecule has 0 radical (unpaired) electrons. The number of hydrogen-bond acceptors (Lipinski definition) is 8. The van der Waals surface area contributed by atoms with Gasteiger partial charge in [0.25, 0.3) is 5.91 Å². The van der Waals surface area contributed by atoms with Crippen LogP contribution in [0.5, 0.6) is 0 Å². The van der Waals surface area contributed by atoms with Crippen LogP contribution >= 0.6 is 0 Å². The fourth-order valence-corrected chi connectivity index (χ4v) is 8.44. The highest BCUT2D eigenvalue weighted by Gasteiger charge is 2.45. The molecule has 1 saturated carbocycles. The number of nitrogens with zero attached hydrogens (tertiary/aromatic N) is 5. The Hall–Kier alpha value is -5.43. The van der Waals surface area contributed by atoms with E-state index in [1.54, 1.807) is 4.90 Å². The lowest BCUT2D eigenvalue weighted by Gasteiger charge is -2.35. The van der Waals surface area contributed by atoms with E-state index < -0.39 is 6.04 Å². The highest BCUT2D eigenvalue weighted by molar-refractivity contribution is 6.05. The van der Waals surface area contributed by atoms with Crippen molar-refractivity contribution < 1.29 is 18.9 Å². The molecular formula is C42H44N6O4. The number of carbonyl (C=O) groups is 3. The second-order valence-corrected chi connectivity index (χ2v) is 15.1. The third kappa shape index (κ3) is 6.12. The Bertz CT molecular complexity index is 2080. The molecule has 1 aliphatic carbocycles. The quantitative estimate of drug-likeness (QED) is 0.185. The molecule has 3 aromatic carbocycles. The van der Waals surface area contributed by atoms with Crippen LogP contribution in [0.3, 0.4) is 0 Å². The summed E-state index contributed by atoms with van der Waals surface area (Å²) in [5, 5.41) is 16.4. The van der Waals surface area contributed by atoms with Gasteiger partial charge in [-0.2, -0.15) is 5.26 Å². The molecule has 10 nitrogen and oxygen atoms in total. The summed E-state index contributed by atoms with van der Waals surface area (Å²) in [5.74, 6) is 0.556. The van der Waals surface area contributed by atoms with Crippen molar-refractivity contribution in [2.24, 2.45) is 5.92 Å². The van der Waals surface area contributed by atoms with Gasteiger partial charge < -0.3 is 19.2 Å². The van der Waals surface area contributed by atoms with E-state index in [9.17, 15) is 19.6 Å². The zero-order valence-corrected chi connectivity index (χ0v) is 30.1. The van der Waals surface area contributed by atoms with E-state index in [4.69, 9.17) is 4.52 Å². The molecule has 8 rings (SSSR count). The van der Waals surface area contributed by atoms with Gasteiger partial charge in [-0.1, -0.05) is 29.4 Å². The minimum atomic E-state index is -0.608. The summed E-state index contributed by atoms with van der Waals surface area (Å²) < 4.78 is 5.52. The fourth-order valence-electron chi connectivity index (χ4n) is 8.44. The van der Waals surface area contributed by atoms with Gasteiger partial charge in [-0.3, -0.25) is 19.7 Å². The highest BCUT2D eigenvalue weighted by Crippen LogP contribution is 2.48. The van der Waals surface area contributed by atoms with Crippen molar-refractivity contribution >= 4 is 34.8 Å². The van der Waals surface area contributed by atoms with Gasteiger partial charge in [0, 0.05) is 60.8 Å². The molecule has 266 valence electrons. The average Bonchev–Trinajstić information content (AvgIpc) is 3.80. The van der Waals surface area contributed by atoms with Crippen molar-refractivity contribution in [3.05, 3.63) is 94.4 Å². The van der Waals surface area contributed by atoms with Crippen molar-refractivity contribution in [2.45, 2.75) is 83.7 Å². The molecule has 4 aliphatic rings. The fraction of sp³-hybridized carbons (Fsp3) is 0.405. The summed E-state index contributed by atoms with van der Waals surface area (Å²) in [6.07, 6.45) is 5.62. The predicted molar refractivity (Wildman–Crippen MR) is 198 cm³/mol. The van der Waals surface area contributed by atoms with Crippen molar-refractivity contribution in [1.82, 2.24) is 15.4 Å². The number of nitriles is 1. The van der Waals surface area contributed by atoms with Gasteiger partial charge in [0.05, 0.1) is 17.2 Å². The molecule has 1 unspecified atom stereocenters. The maximum atomic E-state index is 13.2. The zero-order chi connectivity index (χ0) is 36.1. The first kappa shape index (κ1) is 33.7. The number of amides is 3. The number of nitrogens with one attached hydrogen (secondary N) is 1. The number of carbonyl (C=O) groups excluding carboxylic acids is 3. The Morgan fingerprint density at radius 1 is 0.981 bits per heavy atom. The van der Waals surface area contributed by atoms with Gasteiger partial charge in [0.1, 0.15) is 11.8 Å². The van der Waals surface area contributed by atoms with Crippen LogP contribution in [-0.4, -0.2) is 53.5 Å². The molecule has 0 spiro atoms. The molecule has 3 fully saturated rings. The molecule has 4 heterocycles. The molecular weight excluding hydrogens is 652 g/mol. The lowest BCUT2D eigenvalue weighted by Crippen LogP contribution is -2.52. The normalized spacial score (nSPS) is 19.7. The lowest BCUT2D eigenvalue weighted by atomic mass is 9.92. The molecule has 3 aliphatic heterocycles. The summed E-state index contributed by atoms with van der Waals surface area (Å²) in [4.78, 5) is 43.8. The van der Waals surface area contributed by atoms with Crippen LogP contribution in [0.2, 0.25) is 0 Å². The van der Waals surface area contributed by atoms with E-state index in [0.717, 1.165) is 103 Å². The number of rotatable bonds is 9. The molecule has 2 saturated heterocycles. The second-order valence-electron chi connectivity index (χ2n) is 15.1. The van der Waals surface area contributed by atoms with Crippen LogP contribution in [-0.2, 0) is 21.5 Å². The van der Waals surface area contributed by atoms with E-state index in [-0.39, 0.29) is 29.6 Å². The lowest BCUT2D eigenvalue weighted by molar-refractivity contribution is -0.136. The van der Waals surface area contributed by atoms with Crippen molar-refractivity contribution in [1.29, 1.82) is 5.26 Å². The molecule has 1 atom stereocenters. The van der Waals surface area contributed by atoms with Gasteiger partial charge in [-0.25, -0.2) is 0 Å². The van der Waals surface area contributed by atoms with Gasteiger partial charge >= 0.3 is 0 Å². The molecule has 3 amide bonds. The molecule has 10 heteroatoms. The number of piperidine rings is 2. The number of aromatic nitrogens is 1. The summed E-state index contributed by atoms with van der Waals surface area (Å²) in [7, 11) is 0. The number of fused-ring (bicyclic) bond motifs is 1. The number of imide groups is 1. The molecule has 0 bridgehead atoms. The van der Waals surface area contributed by atoms with Gasteiger partial charge in [0.2, 0.25) is 11.8 Å². The van der Waals surface area contributed by atoms with Crippen molar-refractivity contribution in [3.63, 3.8) is 0 Å². The van der Waals surface area contributed by atoms with E-state index >= 15 is 0 Å². The number of hydrogen-bond donors (Lipinski definition) is 1. The first-order valence-corrected chi connectivity index (χ1v) is 18.5. The number of benzene rings is 3. The third-order valence-corrected chi connectivity index (χ3v) is 11.8. The van der Waals surface area contributed by atoms with Crippen LogP contribution in [0.4, 0.5) is 17.1 Å². The van der Waals surface area contributed by atoms with E-state index in [2.05, 4.69) is 81.8 Å². The Kier molecular flexibility index (Phi) is 8.60. The largest absolute Gasteiger partial charge is 0.372 e. The Morgan fingerprint density at radius 3 is 2.42 bits per heavy atom. The smallest absolute Gasteiger partial charge is 0.255 e. The van der Waals surface area contributed by atoms with Gasteiger partial charge in [0.15, 0.2) is 0 Å². The van der Waals surface area contributed by atoms with Gasteiger partial charge in [-0.05, 0) is 124 Å². The summed E-state index contributed by atoms with van der Waals surface area (Å²) in [6, 6.07) is 23.2. The topological polar surface area (TPSA) is 123 Å². The summed E-state index contributed by atoms with van der Waals surface area (Å²) >= 11 is 0. The maximum absolute atomic E-state index is 13.2. The standard InChI is InChI=1S/C42H44N6O4/c1-26-4-5-30(39-27(2)45-52-28(39)3)23-37(26)47(33-8-6-32(7-9-33)42(25-43)17-18-42)21-16-29-14-19-46(20-15-29)34-10-11-35-31(22-34)24-48(41(35)51)36-12-13-38(49)44-40(36)50/h4-11,22-23,29,36H,12-21,24H2,1-3H3,(H,44,49,50). The van der Waals surface area contributed by atoms with Crippen LogP contribution in [0, 0.1) is 38.0 Å². The SMILES string of the molecule is Cc1ccc(-c2c(C)noc2C)cc1N(CCC1CCN(c2ccc3c(c2)CN(C2CCC(=O)NC2=O)C3=O)CC1)c1ccc(C2(C#N)CC2)cc1. The highest BCUT2D eigenvalue weighted by atomic mass is 16.5. The second kappa shape index (κ2) is 13.3. The van der Waals surface area contributed by atoms with Crippen molar-refractivity contribution in [2.75, 3.05) is 29.4 Å². The maximum Gasteiger partial charge on any atom is 0.255 e. The minimum absolute atomic E-state index is 0.140. The monoisotopic (exact) mass is 696 g/mol. The average molecular weight is 697 g/mol. The van der Waals surface area contributed by atoms with E-state index in [1.807, 2.05) is 26.0 Å². The van der Waals surface area contributed by atoms with E-state index in [1.165, 1.54) is 5.56 Å². The van der Waals surface area contributed by atoms with Crippen LogP contribution < -0.4 is 15.1 Å². The first-order chi connectivity index (χ1) is 25.1. The van der Waals surface area contributed by atoms with Crippen LogP contribution in [0.25, 0.3) is 11.1 Å². The summed E-state index contributed by atoms with van der Waals surface area (Å²) in [6.45, 7) is 9.20. The van der Waals surface area contributed by atoms with Crippen molar-refractivity contribution in [3.8, 4) is 17.2 Å². The third-order valence-electron chi connectivity index (χ3n) is 11.8. The molecule has 4 aromatic rings. The van der Waals surface area contributed by atoms with Crippen LogP contribution in [0.1, 0.15) is 83.4 Å². The Morgan fingerprint density at radius 2 is 1.75 bits per heavy atom. The van der Waals surface area contributed by atoms with E-state index in [0.29, 0.717) is 24.4 Å².